The molecule has 0 N–H and O–H groups in total. The maximum absolute atomic E-state index is 5.46. The molecule has 0 aromatic rings. The maximum atomic E-state index is 5.46. The molecule has 1 aliphatic rings. The van der Waals surface area contributed by atoms with Gasteiger partial charge in [0.25, 0.3) is 0 Å². The van der Waals surface area contributed by atoms with E-state index in [4.69, 9.17) is 4.74 Å². The first kappa shape index (κ1) is 15.4. The zero-order valence-corrected chi connectivity index (χ0v) is 10.3. The lowest BCUT2D eigenvalue weighted by molar-refractivity contribution is -0.0206. The molecule has 13 heavy (non-hydrogen) atoms. The van der Waals surface area contributed by atoms with Crippen LogP contribution in [0.1, 0.15) is 41.0 Å². The average Bonchev–Trinajstić information content (AvgIpc) is 2.24. The number of hydrogen-bond acceptors (Lipinski definition) is 2. The molecule has 2 nitrogen and oxygen atoms in total. The summed E-state index contributed by atoms with van der Waals surface area (Å²) in [6.45, 7) is 13.3. The quantitative estimate of drug-likeness (QED) is 0.629. The molecule has 2 heteroatoms. The molecule has 0 amide bonds. The van der Waals surface area contributed by atoms with Gasteiger partial charge in [0.2, 0.25) is 0 Å². The van der Waals surface area contributed by atoms with Gasteiger partial charge in [-0.15, -0.1) is 0 Å². The zero-order chi connectivity index (χ0) is 10.7. The van der Waals surface area contributed by atoms with Crippen LogP contribution in [0.4, 0.5) is 0 Å². The molecule has 0 radical (unpaired) electrons. The van der Waals surface area contributed by atoms with Crippen LogP contribution in [0, 0.1) is 0 Å². The van der Waals surface area contributed by atoms with Gasteiger partial charge in [-0.3, -0.25) is 0 Å². The number of morpholine rings is 1. The fourth-order valence-corrected chi connectivity index (χ4v) is 1.11. The average molecular weight is 189 g/mol. The Bertz CT molecular complexity index is 86.2. The van der Waals surface area contributed by atoms with Gasteiger partial charge in [0.1, 0.15) is 0 Å². The SMILES string of the molecule is CC.CC.CCC1CN(C)CCO1. The second kappa shape index (κ2) is 11.9. The summed E-state index contributed by atoms with van der Waals surface area (Å²) in [5.41, 5.74) is 0. The van der Waals surface area contributed by atoms with E-state index in [1.54, 1.807) is 0 Å². The first-order valence-electron chi connectivity index (χ1n) is 5.63. The molecular formula is C11H27NO. The number of hydrogen-bond donors (Lipinski definition) is 0. The molecule has 0 aliphatic carbocycles. The van der Waals surface area contributed by atoms with E-state index in [1.807, 2.05) is 27.7 Å². The Hall–Kier alpha value is -0.0800. The summed E-state index contributed by atoms with van der Waals surface area (Å²) in [7, 11) is 2.14. The van der Waals surface area contributed by atoms with Crippen LogP contribution in [-0.4, -0.2) is 37.7 Å². The van der Waals surface area contributed by atoms with Crippen molar-refractivity contribution in [3.05, 3.63) is 0 Å². The van der Waals surface area contributed by atoms with Crippen molar-refractivity contribution in [1.82, 2.24) is 4.90 Å². The van der Waals surface area contributed by atoms with Crippen LogP contribution in [-0.2, 0) is 4.74 Å². The van der Waals surface area contributed by atoms with E-state index in [0.717, 1.165) is 26.1 Å². The summed E-state index contributed by atoms with van der Waals surface area (Å²) in [5, 5.41) is 0. The molecule has 0 saturated carbocycles. The lowest BCUT2D eigenvalue weighted by Gasteiger charge is -2.29. The molecule has 1 heterocycles. The molecule has 1 rings (SSSR count). The smallest absolute Gasteiger partial charge is 0.0699 e. The van der Waals surface area contributed by atoms with Gasteiger partial charge in [0.15, 0.2) is 0 Å². The Balaban J connectivity index is 0. The van der Waals surface area contributed by atoms with Crippen LogP contribution in [0.15, 0.2) is 0 Å². The van der Waals surface area contributed by atoms with Crippen molar-refractivity contribution >= 4 is 0 Å². The van der Waals surface area contributed by atoms with Crippen LogP contribution < -0.4 is 0 Å². The Morgan fingerprint density at radius 1 is 1.23 bits per heavy atom. The van der Waals surface area contributed by atoms with Crippen molar-refractivity contribution in [3.63, 3.8) is 0 Å². The van der Waals surface area contributed by atoms with Crippen LogP contribution in [0.2, 0.25) is 0 Å². The fraction of sp³-hybridized carbons (Fsp3) is 1.00. The Kier molecular flexibility index (Phi) is 14.1. The van der Waals surface area contributed by atoms with E-state index in [0.29, 0.717) is 6.10 Å². The predicted molar refractivity (Wildman–Crippen MR) is 60.2 cm³/mol. The largest absolute Gasteiger partial charge is 0.376 e. The van der Waals surface area contributed by atoms with Crippen molar-refractivity contribution in [2.45, 2.75) is 47.1 Å². The molecule has 82 valence electrons. The van der Waals surface area contributed by atoms with E-state index in [9.17, 15) is 0 Å². The van der Waals surface area contributed by atoms with Gasteiger partial charge in [-0.25, -0.2) is 0 Å². The minimum Gasteiger partial charge on any atom is -0.376 e. The van der Waals surface area contributed by atoms with E-state index in [-0.39, 0.29) is 0 Å². The minimum absolute atomic E-state index is 0.490. The lowest BCUT2D eigenvalue weighted by atomic mass is 10.2. The first-order valence-corrected chi connectivity index (χ1v) is 5.63. The van der Waals surface area contributed by atoms with Crippen molar-refractivity contribution in [3.8, 4) is 0 Å². The lowest BCUT2D eigenvalue weighted by Crippen LogP contribution is -2.39. The topological polar surface area (TPSA) is 12.5 Å². The summed E-state index contributed by atoms with van der Waals surface area (Å²) in [6.07, 6.45) is 1.63. The molecule has 0 bridgehead atoms. The van der Waals surface area contributed by atoms with Gasteiger partial charge < -0.3 is 9.64 Å². The third-order valence-electron chi connectivity index (χ3n) is 1.80. The number of likely N-dealkylation sites (N-methyl/N-ethyl adjacent to an activating group) is 1. The highest BCUT2D eigenvalue weighted by atomic mass is 16.5. The second-order valence-electron chi connectivity index (χ2n) is 2.66. The summed E-state index contributed by atoms with van der Waals surface area (Å²) in [4.78, 5) is 2.32. The van der Waals surface area contributed by atoms with Gasteiger partial charge in [-0.1, -0.05) is 34.6 Å². The Labute approximate surface area is 84.3 Å². The maximum Gasteiger partial charge on any atom is 0.0699 e. The summed E-state index contributed by atoms with van der Waals surface area (Å²) >= 11 is 0. The summed E-state index contributed by atoms with van der Waals surface area (Å²) < 4.78 is 5.46. The summed E-state index contributed by atoms with van der Waals surface area (Å²) in [5.74, 6) is 0. The molecule has 1 fully saturated rings. The fourth-order valence-electron chi connectivity index (χ4n) is 1.11. The Morgan fingerprint density at radius 3 is 2.08 bits per heavy atom. The second-order valence-corrected chi connectivity index (χ2v) is 2.66. The van der Waals surface area contributed by atoms with E-state index < -0.39 is 0 Å². The van der Waals surface area contributed by atoms with E-state index in [2.05, 4.69) is 18.9 Å². The van der Waals surface area contributed by atoms with Gasteiger partial charge in [-0.2, -0.15) is 0 Å². The van der Waals surface area contributed by atoms with Gasteiger partial charge >= 0.3 is 0 Å². The predicted octanol–water partition coefficient (Wildman–Crippen LogP) is 2.78. The highest BCUT2D eigenvalue weighted by molar-refractivity contribution is 4.66. The number of rotatable bonds is 1. The van der Waals surface area contributed by atoms with Crippen LogP contribution >= 0.6 is 0 Å². The third-order valence-corrected chi connectivity index (χ3v) is 1.80. The van der Waals surface area contributed by atoms with Crippen molar-refractivity contribution in [2.24, 2.45) is 0 Å². The zero-order valence-electron chi connectivity index (χ0n) is 10.3. The van der Waals surface area contributed by atoms with Gasteiger partial charge in [-0.05, 0) is 13.5 Å². The normalized spacial score (nSPS) is 22.2. The van der Waals surface area contributed by atoms with E-state index >= 15 is 0 Å². The molecule has 1 aliphatic heterocycles. The molecule has 0 aromatic heterocycles. The Morgan fingerprint density at radius 2 is 1.77 bits per heavy atom. The highest BCUT2D eigenvalue weighted by Gasteiger charge is 2.14. The first-order chi connectivity index (χ1) is 6.33. The number of nitrogens with zero attached hydrogens (tertiary/aromatic N) is 1. The van der Waals surface area contributed by atoms with Crippen molar-refractivity contribution in [1.29, 1.82) is 0 Å². The standard InChI is InChI=1S/C7H15NO.2C2H6/c1-3-7-6-8(2)4-5-9-7;2*1-2/h7H,3-6H2,1-2H3;2*1-2H3. The van der Waals surface area contributed by atoms with Gasteiger partial charge in [0.05, 0.1) is 12.7 Å². The van der Waals surface area contributed by atoms with Gasteiger partial charge in [0, 0.05) is 13.1 Å². The van der Waals surface area contributed by atoms with Crippen LogP contribution in [0.3, 0.4) is 0 Å². The van der Waals surface area contributed by atoms with Crippen molar-refractivity contribution < 1.29 is 4.74 Å². The molecule has 0 aromatic carbocycles. The summed E-state index contributed by atoms with van der Waals surface area (Å²) in [6, 6.07) is 0. The van der Waals surface area contributed by atoms with Crippen LogP contribution in [0.5, 0.6) is 0 Å². The number of ether oxygens (including phenoxy) is 1. The van der Waals surface area contributed by atoms with Crippen molar-refractivity contribution in [2.75, 3.05) is 26.7 Å². The minimum atomic E-state index is 0.490. The third kappa shape index (κ3) is 8.26. The molecule has 0 spiro atoms. The van der Waals surface area contributed by atoms with E-state index in [1.165, 1.54) is 0 Å². The highest BCUT2D eigenvalue weighted by Crippen LogP contribution is 2.04. The van der Waals surface area contributed by atoms with Crippen LogP contribution in [0.25, 0.3) is 0 Å². The molecule has 1 atom stereocenters. The monoisotopic (exact) mass is 189 g/mol. The molecule has 1 saturated heterocycles. The molecule has 1 unspecified atom stereocenters. The molecular weight excluding hydrogens is 162 g/mol.